The van der Waals surface area contributed by atoms with Crippen molar-refractivity contribution in [3.63, 3.8) is 0 Å². The van der Waals surface area contributed by atoms with Crippen molar-refractivity contribution in [2.24, 2.45) is 0 Å². The third-order valence-corrected chi connectivity index (χ3v) is 3.56. The number of piperidine rings is 1. The molecule has 0 amide bonds. The van der Waals surface area contributed by atoms with Crippen LogP contribution in [0.1, 0.15) is 18.4 Å². The molecule has 0 radical (unpaired) electrons. The molecule has 0 bridgehead atoms. The molecular weight excluding hydrogens is 229 g/mol. The fraction of sp³-hybridized carbons (Fsp3) is 0.500. The molecule has 0 saturated carbocycles. The largest absolute Gasteiger partial charge is 0.385 e. The van der Waals surface area contributed by atoms with E-state index in [9.17, 15) is 9.50 Å². The highest BCUT2D eigenvalue weighted by Gasteiger charge is 2.33. The molecule has 1 aromatic carbocycles. The summed E-state index contributed by atoms with van der Waals surface area (Å²) in [7, 11) is 2.03. The van der Waals surface area contributed by atoms with Gasteiger partial charge in [0.1, 0.15) is 5.82 Å². The zero-order chi connectivity index (χ0) is 11.8. The van der Waals surface area contributed by atoms with Gasteiger partial charge in [0.15, 0.2) is 0 Å². The van der Waals surface area contributed by atoms with Crippen molar-refractivity contribution in [1.82, 2.24) is 4.90 Å². The topological polar surface area (TPSA) is 23.5 Å². The minimum Gasteiger partial charge on any atom is -0.385 e. The molecule has 1 N–H and O–H groups in total. The van der Waals surface area contributed by atoms with Crippen molar-refractivity contribution in [2.45, 2.75) is 18.4 Å². The van der Waals surface area contributed by atoms with E-state index in [-0.39, 0.29) is 5.02 Å². The quantitative estimate of drug-likeness (QED) is 0.819. The van der Waals surface area contributed by atoms with Crippen molar-refractivity contribution in [3.05, 3.63) is 34.6 Å². The van der Waals surface area contributed by atoms with Crippen LogP contribution in [0.4, 0.5) is 4.39 Å². The highest BCUT2D eigenvalue weighted by Crippen LogP contribution is 2.34. The summed E-state index contributed by atoms with van der Waals surface area (Å²) in [6.45, 7) is 1.68. The van der Waals surface area contributed by atoms with Gasteiger partial charge in [0.25, 0.3) is 0 Å². The van der Waals surface area contributed by atoms with Gasteiger partial charge in [-0.25, -0.2) is 4.39 Å². The summed E-state index contributed by atoms with van der Waals surface area (Å²) in [5.41, 5.74) is -0.142. The smallest absolute Gasteiger partial charge is 0.141 e. The number of hydrogen-bond donors (Lipinski definition) is 1. The lowest BCUT2D eigenvalue weighted by molar-refractivity contribution is -0.0203. The molecule has 2 rings (SSSR count). The first-order chi connectivity index (χ1) is 7.51. The molecule has 0 aromatic heterocycles. The fourth-order valence-electron chi connectivity index (χ4n) is 2.06. The predicted molar refractivity (Wildman–Crippen MR) is 62.0 cm³/mol. The first-order valence-corrected chi connectivity index (χ1v) is 5.75. The first-order valence-electron chi connectivity index (χ1n) is 5.38. The van der Waals surface area contributed by atoms with Gasteiger partial charge in [-0.3, -0.25) is 0 Å². The molecule has 0 aliphatic carbocycles. The number of halogens is 2. The molecule has 4 heteroatoms. The third-order valence-electron chi connectivity index (χ3n) is 3.27. The van der Waals surface area contributed by atoms with Gasteiger partial charge in [-0.1, -0.05) is 17.7 Å². The van der Waals surface area contributed by atoms with E-state index in [4.69, 9.17) is 11.6 Å². The van der Waals surface area contributed by atoms with E-state index in [0.29, 0.717) is 18.4 Å². The Kier molecular flexibility index (Phi) is 3.19. The van der Waals surface area contributed by atoms with Crippen LogP contribution in [0.15, 0.2) is 18.2 Å². The SMILES string of the molecule is CN1CCC(O)(c2ccc(F)c(Cl)c2)CC1. The summed E-state index contributed by atoms with van der Waals surface area (Å²) in [5, 5.41) is 10.5. The van der Waals surface area contributed by atoms with E-state index in [1.807, 2.05) is 7.05 Å². The van der Waals surface area contributed by atoms with Gasteiger partial charge < -0.3 is 10.0 Å². The van der Waals surface area contributed by atoms with Crippen LogP contribution in [-0.2, 0) is 5.60 Å². The molecule has 0 unspecified atom stereocenters. The fourth-order valence-corrected chi connectivity index (χ4v) is 2.24. The van der Waals surface area contributed by atoms with Gasteiger partial charge in [-0.2, -0.15) is 0 Å². The number of aliphatic hydroxyl groups is 1. The maximum absolute atomic E-state index is 13.0. The Balaban J connectivity index is 2.25. The zero-order valence-corrected chi connectivity index (χ0v) is 9.97. The summed E-state index contributed by atoms with van der Waals surface area (Å²) in [5.74, 6) is -0.443. The van der Waals surface area contributed by atoms with E-state index in [1.165, 1.54) is 12.1 Å². The maximum atomic E-state index is 13.0. The zero-order valence-electron chi connectivity index (χ0n) is 9.21. The monoisotopic (exact) mass is 243 g/mol. The molecule has 16 heavy (non-hydrogen) atoms. The average Bonchev–Trinajstić information content (AvgIpc) is 2.26. The lowest BCUT2D eigenvalue weighted by Gasteiger charge is -2.37. The molecule has 0 spiro atoms. The van der Waals surface area contributed by atoms with Gasteiger partial charge in [0.2, 0.25) is 0 Å². The molecular formula is C12H15ClFNO. The second-order valence-electron chi connectivity index (χ2n) is 4.46. The maximum Gasteiger partial charge on any atom is 0.141 e. The van der Waals surface area contributed by atoms with Gasteiger partial charge in [-0.15, -0.1) is 0 Å². The van der Waals surface area contributed by atoms with Crippen LogP contribution in [0.2, 0.25) is 5.02 Å². The molecule has 88 valence electrons. The van der Waals surface area contributed by atoms with E-state index < -0.39 is 11.4 Å². The van der Waals surface area contributed by atoms with Crippen molar-refractivity contribution in [3.8, 4) is 0 Å². The summed E-state index contributed by atoms with van der Waals surface area (Å²) in [4.78, 5) is 2.17. The Labute approximate surface area is 99.6 Å². The Bertz CT molecular complexity index is 389. The van der Waals surface area contributed by atoms with Gasteiger partial charge in [0, 0.05) is 13.1 Å². The number of benzene rings is 1. The highest BCUT2D eigenvalue weighted by atomic mass is 35.5. The first kappa shape index (κ1) is 11.8. The van der Waals surface area contributed by atoms with E-state index in [2.05, 4.69) is 4.90 Å². The van der Waals surface area contributed by atoms with E-state index >= 15 is 0 Å². The van der Waals surface area contributed by atoms with E-state index in [1.54, 1.807) is 6.07 Å². The Morgan fingerprint density at radius 3 is 2.56 bits per heavy atom. The summed E-state index contributed by atoms with van der Waals surface area (Å²) in [6, 6.07) is 4.46. The van der Waals surface area contributed by atoms with Crippen molar-refractivity contribution >= 4 is 11.6 Å². The van der Waals surface area contributed by atoms with Crippen molar-refractivity contribution in [2.75, 3.05) is 20.1 Å². The lowest BCUT2D eigenvalue weighted by atomic mass is 9.84. The Morgan fingerprint density at radius 1 is 1.38 bits per heavy atom. The standard InChI is InChI=1S/C12H15ClFNO/c1-15-6-4-12(16,5-7-15)9-2-3-11(14)10(13)8-9/h2-3,8,16H,4-7H2,1H3. The molecule has 2 nitrogen and oxygen atoms in total. The Hall–Kier alpha value is -0.640. The Morgan fingerprint density at radius 2 is 2.00 bits per heavy atom. The molecule has 1 fully saturated rings. The summed E-state index contributed by atoms with van der Waals surface area (Å²) < 4.78 is 13.0. The van der Waals surface area contributed by atoms with Crippen molar-refractivity contribution in [1.29, 1.82) is 0 Å². The van der Waals surface area contributed by atoms with Crippen LogP contribution in [0, 0.1) is 5.82 Å². The predicted octanol–water partition coefficient (Wildman–Crippen LogP) is 2.39. The van der Waals surface area contributed by atoms with Gasteiger partial charge >= 0.3 is 0 Å². The molecule has 1 aliphatic heterocycles. The number of rotatable bonds is 1. The van der Waals surface area contributed by atoms with Crippen LogP contribution in [0.3, 0.4) is 0 Å². The van der Waals surface area contributed by atoms with E-state index in [0.717, 1.165) is 13.1 Å². The van der Waals surface area contributed by atoms with Crippen LogP contribution >= 0.6 is 11.6 Å². The minimum atomic E-state index is -0.857. The number of nitrogens with zero attached hydrogens (tertiary/aromatic N) is 1. The molecule has 1 aliphatic rings. The second kappa shape index (κ2) is 4.32. The molecule has 1 saturated heterocycles. The van der Waals surface area contributed by atoms with Crippen LogP contribution in [0.25, 0.3) is 0 Å². The second-order valence-corrected chi connectivity index (χ2v) is 4.87. The van der Waals surface area contributed by atoms with Gasteiger partial charge in [0.05, 0.1) is 10.6 Å². The summed E-state index contributed by atoms with van der Waals surface area (Å²) >= 11 is 5.73. The van der Waals surface area contributed by atoms with Crippen LogP contribution < -0.4 is 0 Å². The molecule has 1 aromatic rings. The summed E-state index contributed by atoms with van der Waals surface area (Å²) in [6.07, 6.45) is 1.32. The number of likely N-dealkylation sites (tertiary alicyclic amines) is 1. The molecule has 0 atom stereocenters. The lowest BCUT2D eigenvalue weighted by Crippen LogP contribution is -2.40. The van der Waals surface area contributed by atoms with Gasteiger partial charge in [-0.05, 0) is 37.6 Å². The van der Waals surface area contributed by atoms with Crippen LogP contribution in [0.5, 0.6) is 0 Å². The average molecular weight is 244 g/mol. The normalized spacial score (nSPS) is 21.0. The minimum absolute atomic E-state index is 0.0739. The third kappa shape index (κ3) is 2.21. The van der Waals surface area contributed by atoms with Crippen molar-refractivity contribution < 1.29 is 9.50 Å². The highest BCUT2D eigenvalue weighted by molar-refractivity contribution is 6.30. The number of hydrogen-bond acceptors (Lipinski definition) is 2. The molecule has 1 heterocycles. The van der Waals surface area contributed by atoms with Crippen LogP contribution in [-0.4, -0.2) is 30.1 Å².